The van der Waals surface area contributed by atoms with Gasteiger partial charge in [-0.1, -0.05) is 0 Å². The van der Waals surface area contributed by atoms with Crippen molar-refractivity contribution in [1.82, 2.24) is 5.32 Å². The van der Waals surface area contributed by atoms with Crippen LogP contribution in [0.25, 0.3) is 0 Å². The maximum atomic E-state index is 5.87. The Kier molecular flexibility index (Phi) is 7.36. The first-order chi connectivity index (χ1) is 12.8. The third-order valence-corrected chi connectivity index (χ3v) is 4.90. The van der Waals surface area contributed by atoms with E-state index in [4.69, 9.17) is 11.5 Å². The van der Waals surface area contributed by atoms with E-state index in [1.807, 2.05) is 38.1 Å². The lowest BCUT2D eigenvalue weighted by Gasteiger charge is -2.27. The van der Waals surface area contributed by atoms with E-state index in [-0.39, 0.29) is 5.54 Å². The van der Waals surface area contributed by atoms with Crippen molar-refractivity contribution in [3.8, 4) is 0 Å². The van der Waals surface area contributed by atoms with Gasteiger partial charge in [-0.2, -0.15) is 0 Å². The summed E-state index contributed by atoms with van der Waals surface area (Å²) in [5, 5.41) is 10.6. The summed E-state index contributed by atoms with van der Waals surface area (Å²) in [4.78, 5) is 0. The van der Waals surface area contributed by atoms with Crippen LogP contribution in [0.1, 0.15) is 37.8 Å². The molecule has 0 unspecified atom stereocenters. The number of nitrogens with two attached hydrogens (primary N) is 2. The van der Waals surface area contributed by atoms with E-state index in [0.717, 1.165) is 66.4 Å². The van der Waals surface area contributed by atoms with Gasteiger partial charge in [-0.05, 0) is 94.6 Å². The number of nitrogens with one attached hydrogen (secondary N) is 3. The van der Waals surface area contributed by atoms with Gasteiger partial charge in [0.1, 0.15) is 0 Å². The molecule has 2 aromatic rings. The molecule has 2 rings (SSSR count). The van der Waals surface area contributed by atoms with Crippen LogP contribution in [0.4, 0.5) is 22.7 Å². The molecule has 0 aliphatic heterocycles. The summed E-state index contributed by atoms with van der Waals surface area (Å²) in [6.07, 6.45) is 2.11. The molecule has 0 atom stereocenters. The van der Waals surface area contributed by atoms with Crippen molar-refractivity contribution >= 4 is 22.7 Å². The van der Waals surface area contributed by atoms with E-state index >= 15 is 0 Å². The SMILES string of the molecule is Cc1cc(NCCCNC(C)(C)CCNc2ccc(N)c(C)c2)ccc1N. The molecule has 0 aromatic heterocycles. The third-order valence-electron chi connectivity index (χ3n) is 4.90. The van der Waals surface area contributed by atoms with Crippen molar-refractivity contribution in [2.45, 2.75) is 46.1 Å². The molecule has 0 amide bonds. The normalized spacial score (nSPS) is 11.4. The number of benzene rings is 2. The maximum absolute atomic E-state index is 5.87. The molecular formula is C22H35N5. The van der Waals surface area contributed by atoms with Gasteiger partial charge in [0.2, 0.25) is 0 Å². The predicted molar refractivity (Wildman–Crippen MR) is 119 cm³/mol. The Morgan fingerprint density at radius 3 is 1.81 bits per heavy atom. The Morgan fingerprint density at radius 2 is 1.30 bits per heavy atom. The van der Waals surface area contributed by atoms with Crippen LogP contribution in [-0.2, 0) is 0 Å². The van der Waals surface area contributed by atoms with Crippen LogP contribution in [0.3, 0.4) is 0 Å². The second kappa shape index (κ2) is 9.51. The highest BCUT2D eigenvalue weighted by Gasteiger charge is 2.15. The van der Waals surface area contributed by atoms with Gasteiger partial charge in [-0.3, -0.25) is 0 Å². The monoisotopic (exact) mass is 369 g/mol. The Hall–Kier alpha value is -2.40. The van der Waals surface area contributed by atoms with Crippen LogP contribution < -0.4 is 27.4 Å². The molecule has 0 aliphatic rings. The summed E-state index contributed by atoms with van der Waals surface area (Å²) in [6, 6.07) is 12.2. The van der Waals surface area contributed by atoms with Crippen LogP contribution in [-0.4, -0.2) is 25.2 Å². The van der Waals surface area contributed by atoms with E-state index in [0.29, 0.717) is 0 Å². The van der Waals surface area contributed by atoms with E-state index < -0.39 is 0 Å². The van der Waals surface area contributed by atoms with Crippen LogP contribution in [0, 0.1) is 13.8 Å². The predicted octanol–water partition coefficient (Wildman–Crippen LogP) is 4.14. The number of hydrogen-bond donors (Lipinski definition) is 5. The van der Waals surface area contributed by atoms with E-state index in [2.05, 4.69) is 41.9 Å². The Labute approximate surface area is 163 Å². The fourth-order valence-corrected chi connectivity index (χ4v) is 2.93. The summed E-state index contributed by atoms with van der Waals surface area (Å²) in [7, 11) is 0. The second-order valence-corrected chi connectivity index (χ2v) is 7.91. The first-order valence-electron chi connectivity index (χ1n) is 9.72. The quantitative estimate of drug-likeness (QED) is 0.321. The molecule has 0 spiro atoms. The van der Waals surface area contributed by atoms with Crippen molar-refractivity contribution < 1.29 is 0 Å². The molecule has 148 valence electrons. The first kappa shape index (κ1) is 20.9. The molecule has 2 aromatic carbocycles. The van der Waals surface area contributed by atoms with Gasteiger partial charge in [0.25, 0.3) is 0 Å². The summed E-state index contributed by atoms with van der Waals surface area (Å²) >= 11 is 0. The third kappa shape index (κ3) is 7.02. The number of rotatable bonds is 10. The van der Waals surface area contributed by atoms with Gasteiger partial charge in [0.05, 0.1) is 0 Å². The molecule has 5 nitrogen and oxygen atoms in total. The lowest BCUT2D eigenvalue weighted by atomic mass is 10.0. The van der Waals surface area contributed by atoms with Crippen molar-refractivity contribution in [1.29, 1.82) is 0 Å². The minimum Gasteiger partial charge on any atom is -0.399 e. The van der Waals surface area contributed by atoms with Gasteiger partial charge in [0, 0.05) is 41.4 Å². The summed E-state index contributed by atoms with van der Waals surface area (Å²) in [5.74, 6) is 0. The molecule has 0 saturated heterocycles. The van der Waals surface area contributed by atoms with Gasteiger partial charge in [-0.25, -0.2) is 0 Å². The van der Waals surface area contributed by atoms with Gasteiger partial charge < -0.3 is 27.4 Å². The number of nitrogen functional groups attached to an aromatic ring is 2. The fourth-order valence-electron chi connectivity index (χ4n) is 2.93. The minimum atomic E-state index is 0.0909. The molecule has 0 heterocycles. The lowest BCUT2D eigenvalue weighted by Crippen LogP contribution is -2.41. The summed E-state index contributed by atoms with van der Waals surface area (Å²) in [6.45, 7) is 11.4. The Bertz CT molecular complexity index is 739. The molecule has 5 heteroatoms. The standard InChI is InChI=1S/C22H35N5/c1-16-14-18(6-8-20(16)23)25-11-5-12-27-22(3,4)10-13-26-19-7-9-21(24)17(2)15-19/h6-9,14-15,25-27H,5,10-13,23-24H2,1-4H3. The highest BCUT2D eigenvalue weighted by Crippen LogP contribution is 2.18. The van der Waals surface area contributed by atoms with Crippen LogP contribution >= 0.6 is 0 Å². The number of anilines is 4. The zero-order valence-corrected chi connectivity index (χ0v) is 17.2. The van der Waals surface area contributed by atoms with Gasteiger partial charge >= 0.3 is 0 Å². The lowest BCUT2D eigenvalue weighted by molar-refractivity contribution is 0.371. The molecule has 0 radical (unpaired) electrons. The fraction of sp³-hybridized carbons (Fsp3) is 0.455. The Morgan fingerprint density at radius 1 is 0.778 bits per heavy atom. The maximum Gasteiger partial charge on any atom is 0.0345 e. The zero-order chi connectivity index (χ0) is 19.9. The highest BCUT2D eigenvalue weighted by atomic mass is 15.0. The number of aryl methyl sites for hydroxylation is 2. The molecule has 0 bridgehead atoms. The zero-order valence-electron chi connectivity index (χ0n) is 17.2. The second-order valence-electron chi connectivity index (χ2n) is 7.91. The smallest absolute Gasteiger partial charge is 0.0345 e. The van der Waals surface area contributed by atoms with Crippen molar-refractivity contribution in [3.05, 3.63) is 47.5 Å². The largest absolute Gasteiger partial charge is 0.399 e. The van der Waals surface area contributed by atoms with Crippen molar-refractivity contribution in [3.63, 3.8) is 0 Å². The number of hydrogen-bond acceptors (Lipinski definition) is 5. The molecular weight excluding hydrogens is 334 g/mol. The molecule has 27 heavy (non-hydrogen) atoms. The van der Waals surface area contributed by atoms with E-state index in [1.54, 1.807) is 0 Å². The Balaban J connectivity index is 1.63. The van der Waals surface area contributed by atoms with Crippen LogP contribution in [0.2, 0.25) is 0 Å². The molecule has 7 N–H and O–H groups in total. The molecule has 0 fully saturated rings. The molecule has 0 aliphatic carbocycles. The van der Waals surface area contributed by atoms with Crippen molar-refractivity contribution in [2.24, 2.45) is 0 Å². The summed E-state index contributed by atoms with van der Waals surface area (Å²) in [5.41, 5.74) is 18.0. The van der Waals surface area contributed by atoms with Crippen LogP contribution in [0.5, 0.6) is 0 Å². The van der Waals surface area contributed by atoms with E-state index in [1.165, 1.54) is 0 Å². The van der Waals surface area contributed by atoms with E-state index in [9.17, 15) is 0 Å². The van der Waals surface area contributed by atoms with Crippen LogP contribution in [0.15, 0.2) is 36.4 Å². The topological polar surface area (TPSA) is 88.1 Å². The first-order valence-corrected chi connectivity index (χ1v) is 9.72. The van der Waals surface area contributed by atoms with Gasteiger partial charge in [0.15, 0.2) is 0 Å². The van der Waals surface area contributed by atoms with Gasteiger partial charge in [-0.15, -0.1) is 0 Å². The average molecular weight is 370 g/mol. The van der Waals surface area contributed by atoms with Crippen molar-refractivity contribution in [2.75, 3.05) is 41.7 Å². The summed E-state index contributed by atoms with van der Waals surface area (Å²) < 4.78 is 0. The highest BCUT2D eigenvalue weighted by molar-refractivity contribution is 5.57. The average Bonchev–Trinajstić information content (AvgIpc) is 2.60. The minimum absolute atomic E-state index is 0.0909. The molecule has 0 saturated carbocycles.